The summed E-state index contributed by atoms with van der Waals surface area (Å²) in [6, 6.07) is 0. The van der Waals surface area contributed by atoms with Crippen molar-refractivity contribution in [2.75, 3.05) is 13.2 Å². The van der Waals surface area contributed by atoms with Gasteiger partial charge in [0.25, 0.3) is 0 Å². The summed E-state index contributed by atoms with van der Waals surface area (Å²) in [5, 5.41) is 2.61. The molecular formula is C15H25NO4. The largest absolute Gasteiger partial charge is 0.461 e. The molecule has 0 unspecified atom stereocenters. The van der Waals surface area contributed by atoms with Crippen LogP contribution >= 0.6 is 0 Å². The first kappa shape index (κ1) is 16.5. The molecule has 1 amide bonds. The fraction of sp³-hybridized carbons (Fsp3) is 0.733. The average Bonchev–Trinajstić information content (AvgIpc) is 2.81. The van der Waals surface area contributed by atoms with Crippen LogP contribution in [0.1, 0.15) is 46.0 Å². The minimum atomic E-state index is -0.493. The van der Waals surface area contributed by atoms with Gasteiger partial charge in [0.05, 0.1) is 6.54 Å². The molecule has 5 nitrogen and oxygen atoms in total. The van der Waals surface area contributed by atoms with Crippen LogP contribution in [-0.2, 0) is 14.3 Å². The number of hydrogen-bond acceptors (Lipinski definition) is 4. The molecule has 1 aliphatic rings. The third-order valence-corrected chi connectivity index (χ3v) is 3.39. The summed E-state index contributed by atoms with van der Waals surface area (Å²) < 4.78 is 10.4. The van der Waals surface area contributed by atoms with Gasteiger partial charge in [-0.1, -0.05) is 20.4 Å². The number of carbonyl (C=O) groups is 2. The number of hydrogen-bond donors (Lipinski definition) is 1. The molecule has 1 N–H and O–H groups in total. The molecule has 0 saturated heterocycles. The molecule has 0 aliphatic heterocycles. The summed E-state index contributed by atoms with van der Waals surface area (Å²) >= 11 is 0. The Kier molecular flexibility index (Phi) is 6.55. The Balaban J connectivity index is 2.32. The van der Waals surface area contributed by atoms with Crippen molar-refractivity contribution < 1.29 is 19.1 Å². The molecule has 0 aromatic rings. The first-order chi connectivity index (χ1) is 9.47. The molecule has 0 atom stereocenters. The Morgan fingerprint density at radius 2 is 2.00 bits per heavy atom. The van der Waals surface area contributed by atoms with Crippen molar-refractivity contribution in [2.45, 2.75) is 51.6 Å². The molecule has 0 aromatic carbocycles. The second-order valence-corrected chi connectivity index (χ2v) is 5.68. The average molecular weight is 283 g/mol. The summed E-state index contributed by atoms with van der Waals surface area (Å²) in [5.41, 5.74) is -0.309. The molecule has 0 bridgehead atoms. The zero-order chi connectivity index (χ0) is 15.0. The summed E-state index contributed by atoms with van der Waals surface area (Å²) in [7, 11) is 0. The van der Waals surface area contributed by atoms with Crippen LogP contribution < -0.4 is 5.32 Å². The smallest absolute Gasteiger partial charge is 0.407 e. The molecule has 1 saturated carbocycles. The summed E-state index contributed by atoms with van der Waals surface area (Å²) in [4.78, 5) is 22.6. The van der Waals surface area contributed by atoms with E-state index in [1.807, 2.05) is 0 Å². The van der Waals surface area contributed by atoms with Gasteiger partial charge in [0.15, 0.2) is 0 Å². The van der Waals surface area contributed by atoms with E-state index in [9.17, 15) is 9.59 Å². The van der Waals surface area contributed by atoms with E-state index in [0.717, 1.165) is 38.2 Å². The Morgan fingerprint density at radius 1 is 1.35 bits per heavy atom. The zero-order valence-electron chi connectivity index (χ0n) is 12.4. The highest BCUT2D eigenvalue weighted by Gasteiger charge is 2.38. The second-order valence-electron chi connectivity index (χ2n) is 5.68. The van der Waals surface area contributed by atoms with Crippen LogP contribution in [0.5, 0.6) is 0 Å². The molecule has 0 heterocycles. The first-order valence-corrected chi connectivity index (χ1v) is 7.23. The number of esters is 1. The quantitative estimate of drug-likeness (QED) is 0.443. The van der Waals surface area contributed by atoms with Gasteiger partial charge in [0.2, 0.25) is 0 Å². The third-order valence-electron chi connectivity index (χ3n) is 3.39. The van der Waals surface area contributed by atoms with Crippen LogP contribution in [0.25, 0.3) is 0 Å². The van der Waals surface area contributed by atoms with Crippen LogP contribution in [0.4, 0.5) is 4.79 Å². The summed E-state index contributed by atoms with van der Waals surface area (Å²) in [6.07, 6.45) is 5.64. The fourth-order valence-corrected chi connectivity index (χ4v) is 2.71. The lowest BCUT2D eigenvalue weighted by Gasteiger charge is -2.30. The Morgan fingerprint density at radius 3 is 2.55 bits per heavy atom. The van der Waals surface area contributed by atoms with E-state index in [-0.39, 0.29) is 18.8 Å². The summed E-state index contributed by atoms with van der Waals surface area (Å²) in [5.74, 6) is 0.00156. The number of rotatable bonds is 7. The van der Waals surface area contributed by atoms with E-state index in [2.05, 4.69) is 25.7 Å². The van der Waals surface area contributed by atoms with Crippen molar-refractivity contribution in [3.63, 3.8) is 0 Å². The SMILES string of the molecule is C=CC(=O)OCCNC(=O)OC1(CC(C)C)CCCC1. The van der Waals surface area contributed by atoms with Gasteiger partial charge in [-0.2, -0.15) is 0 Å². The highest BCUT2D eigenvalue weighted by atomic mass is 16.6. The minimum absolute atomic E-state index is 0.122. The van der Waals surface area contributed by atoms with E-state index in [0.29, 0.717) is 5.92 Å². The monoisotopic (exact) mass is 283 g/mol. The zero-order valence-corrected chi connectivity index (χ0v) is 12.4. The first-order valence-electron chi connectivity index (χ1n) is 7.23. The highest BCUT2D eigenvalue weighted by Crippen LogP contribution is 2.38. The van der Waals surface area contributed by atoms with Gasteiger partial charge >= 0.3 is 12.1 Å². The Labute approximate surface area is 120 Å². The fourth-order valence-electron chi connectivity index (χ4n) is 2.71. The molecule has 0 spiro atoms. The number of ether oxygens (including phenoxy) is 2. The molecule has 1 aliphatic carbocycles. The van der Waals surface area contributed by atoms with Crippen molar-refractivity contribution >= 4 is 12.1 Å². The predicted molar refractivity (Wildman–Crippen MR) is 76.3 cm³/mol. The second kappa shape index (κ2) is 7.92. The van der Waals surface area contributed by atoms with Gasteiger partial charge < -0.3 is 14.8 Å². The molecular weight excluding hydrogens is 258 g/mol. The van der Waals surface area contributed by atoms with Gasteiger partial charge in [-0.25, -0.2) is 9.59 Å². The van der Waals surface area contributed by atoms with E-state index in [4.69, 9.17) is 9.47 Å². The molecule has 114 valence electrons. The van der Waals surface area contributed by atoms with E-state index >= 15 is 0 Å². The van der Waals surface area contributed by atoms with Crippen LogP contribution in [-0.4, -0.2) is 30.8 Å². The minimum Gasteiger partial charge on any atom is -0.461 e. The van der Waals surface area contributed by atoms with Crippen LogP contribution in [0.2, 0.25) is 0 Å². The van der Waals surface area contributed by atoms with Crippen molar-refractivity contribution in [3.05, 3.63) is 12.7 Å². The predicted octanol–water partition coefficient (Wildman–Crippen LogP) is 2.80. The van der Waals surface area contributed by atoms with Crippen molar-refractivity contribution in [2.24, 2.45) is 5.92 Å². The topological polar surface area (TPSA) is 64.6 Å². The van der Waals surface area contributed by atoms with Gasteiger partial charge in [0, 0.05) is 6.08 Å². The van der Waals surface area contributed by atoms with Gasteiger partial charge in [-0.15, -0.1) is 0 Å². The number of amides is 1. The maximum atomic E-state index is 11.8. The number of alkyl carbamates (subject to hydrolysis) is 1. The van der Waals surface area contributed by atoms with E-state index in [1.54, 1.807) is 0 Å². The Hall–Kier alpha value is -1.52. The number of carbonyl (C=O) groups excluding carboxylic acids is 2. The van der Waals surface area contributed by atoms with E-state index < -0.39 is 12.1 Å². The Bertz CT molecular complexity index is 346. The standard InChI is InChI=1S/C15H25NO4/c1-4-13(17)19-10-9-16-14(18)20-15(11-12(2)3)7-5-6-8-15/h4,12H,1,5-11H2,2-3H3,(H,16,18). The lowest BCUT2D eigenvalue weighted by Crippen LogP contribution is -2.39. The van der Waals surface area contributed by atoms with Gasteiger partial charge in [-0.3, -0.25) is 0 Å². The van der Waals surface area contributed by atoms with Gasteiger partial charge in [0.1, 0.15) is 12.2 Å². The highest BCUT2D eigenvalue weighted by molar-refractivity contribution is 5.81. The molecule has 20 heavy (non-hydrogen) atoms. The van der Waals surface area contributed by atoms with Crippen LogP contribution in [0, 0.1) is 5.92 Å². The van der Waals surface area contributed by atoms with E-state index in [1.165, 1.54) is 0 Å². The maximum Gasteiger partial charge on any atom is 0.407 e. The molecule has 5 heteroatoms. The molecule has 1 fully saturated rings. The number of nitrogens with one attached hydrogen (secondary N) is 1. The van der Waals surface area contributed by atoms with Crippen molar-refractivity contribution in [1.29, 1.82) is 0 Å². The third kappa shape index (κ3) is 5.63. The summed E-state index contributed by atoms with van der Waals surface area (Å²) in [6.45, 7) is 7.93. The van der Waals surface area contributed by atoms with Crippen LogP contribution in [0.3, 0.4) is 0 Å². The van der Waals surface area contributed by atoms with Crippen molar-refractivity contribution in [1.82, 2.24) is 5.32 Å². The molecule has 0 radical (unpaired) electrons. The normalized spacial score (nSPS) is 16.8. The lowest BCUT2D eigenvalue weighted by molar-refractivity contribution is -0.137. The lowest BCUT2D eigenvalue weighted by atomic mass is 9.91. The van der Waals surface area contributed by atoms with Crippen LogP contribution in [0.15, 0.2) is 12.7 Å². The molecule has 1 rings (SSSR count). The van der Waals surface area contributed by atoms with Crippen molar-refractivity contribution in [3.8, 4) is 0 Å². The maximum absolute atomic E-state index is 11.8. The molecule has 0 aromatic heterocycles. The van der Waals surface area contributed by atoms with Gasteiger partial charge in [-0.05, 0) is 38.0 Å².